The minimum atomic E-state index is -0.856. The molecular weight excluding hydrogens is 462 g/mol. The number of carbonyl (C=O) groups is 1. The van der Waals surface area contributed by atoms with Gasteiger partial charge in [0.1, 0.15) is 12.1 Å². The molecule has 0 radical (unpaired) electrons. The average Bonchev–Trinajstić information content (AvgIpc) is 3.24. The predicted molar refractivity (Wildman–Crippen MR) is 147 cm³/mol. The van der Waals surface area contributed by atoms with E-state index in [1.54, 1.807) is 0 Å². The van der Waals surface area contributed by atoms with Crippen LogP contribution in [0.2, 0.25) is 0 Å². The molecule has 37 heavy (non-hydrogen) atoms. The molecule has 0 bridgehead atoms. The summed E-state index contributed by atoms with van der Waals surface area (Å²) in [5.74, 6) is 1.58. The first kappa shape index (κ1) is 26.0. The van der Waals surface area contributed by atoms with Crippen LogP contribution in [0, 0.1) is 28.6 Å². The van der Waals surface area contributed by atoms with Gasteiger partial charge in [-0.1, -0.05) is 44.6 Å². The van der Waals surface area contributed by atoms with Gasteiger partial charge >= 0.3 is 5.97 Å². The molecular formula is C30H43N5O2. The van der Waals surface area contributed by atoms with Crippen LogP contribution in [-0.2, 0) is 9.53 Å². The van der Waals surface area contributed by atoms with Crippen LogP contribution >= 0.6 is 0 Å². The lowest BCUT2D eigenvalue weighted by Gasteiger charge is -2.57. The molecule has 2 unspecified atom stereocenters. The summed E-state index contributed by atoms with van der Waals surface area (Å²) in [6, 6.07) is 2.95. The van der Waals surface area contributed by atoms with Crippen LogP contribution in [0.1, 0.15) is 77.7 Å². The van der Waals surface area contributed by atoms with E-state index in [4.69, 9.17) is 21.9 Å². The number of aromatic nitrogens is 1. The number of hydrogen-bond donors (Lipinski definition) is 3. The molecule has 8 atom stereocenters. The smallest absolute Gasteiger partial charge is 0.325 e. The number of nitrogens with two attached hydrogens (primary N) is 3. The first-order chi connectivity index (χ1) is 17.7. The van der Waals surface area contributed by atoms with Crippen molar-refractivity contribution >= 4 is 17.5 Å². The Labute approximate surface area is 221 Å². The summed E-state index contributed by atoms with van der Waals surface area (Å²) in [5, 5.41) is 0. The van der Waals surface area contributed by atoms with E-state index in [-0.39, 0.29) is 22.9 Å². The van der Waals surface area contributed by atoms with E-state index in [1.165, 1.54) is 29.6 Å². The van der Waals surface area contributed by atoms with Crippen molar-refractivity contribution in [1.82, 2.24) is 4.98 Å². The summed E-state index contributed by atoms with van der Waals surface area (Å²) in [7, 11) is 0. The van der Waals surface area contributed by atoms with E-state index in [2.05, 4.69) is 48.1 Å². The van der Waals surface area contributed by atoms with Crippen LogP contribution in [0.25, 0.3) is 5.57 Å². The highest BCUT2D eigenvalue weighted by Gasteiger charge is 2.57. The maximum atomic E-state index is 12.8. The molecule has 7 heteroatoms. The predicted octanol–water partition coefficient (Wildman–Crippen LogP) is 4.33. The molecule has 4 aliphatic rings. The van der Waals surface area contributed by atoms with Crippen molar-refractivity contribution in [1.29, 1.82) is 0 Å². The molecule has 0 aliphatic heterocycles. The maximum absolute atomic E-state index is 12.8. The molecule has 200 valence electrons. The van der Waals surface area contributed by atoms with Crippen LogP contribution in [0.3, 0.4) is 0 Å². The number of allylic oxidation sites excluding steroid dienone is 3. The van der Waals surface area contributed by atoms with Gasteiger partial charge < -0.3 is 21.9 Å². The Kier molecular flexibility index (Phi) is 6.94. The SMILES string of the molecule is CCC(N=C(N)N)C(N)C(=O)O[C@H]1CC[C@@]2(C)C(=CC[C@@H]3[C@@H]2CC[C@]2(C)C(c4cccnc4)=CC[C@@H]32)C1. The molecule has 1 heterocycles. The lowest BCUT2D eigenvalue weighted by molar-refractivity contribution is -0.153. The molecule has 0 saturated heterocycles. The van der Waals surface area contributed by atoms with E-state index in [1.807, 2.05) is 19.3 Å². The van der Waals surface area contributed by atoms with Gasteiger partial charge in [0, 0.05) is 18.8 Å². The molecule has 1 aromatic heterocycles. The van der Waals surface area contributed by atoms with E-state index in [9.17, 15) is 4.79 Å². The van der Waals surface area contributed by atoms with Gasteiger partial charge in [-0.05, 0) is 90.7 Å². The molecule has 1 aromatic rings. The standard InChI is InChI=1S/C30H43N5O2/c1-4-25(35-28(32)33)26(31)27(36)37-20-11-13-29(2)19(16-20)7-8-21-23-10-9-22(18-6-5-15-34-17-18)30(23,3)14-12-24(21)29/h5-7,9,15,17,20-21,23-26H,4,8,10-14,16,31H2,1-3H3,(H4,32,33,35)/t20-,21-,23-,24-,25?,26?,29-,30+/m0/s1. The fraction of sp³-hybridized carbons (Fsp3) is 0.633. The number of carbonyl (C=O) groups excluding carboxylic acids is 1. The minimum absolute atomic E-state index is 0.0564. The maximum Gasteiger partial charge on any atom is 0.325 e. The third kappa shape index (κ3) is 4.49. The van der Waals surface area contributed by atoms with Crippen molar-refractivity contribution in [3.8, 4) is 0 Å². The van der Waals surface area contributed by atoms with Gasteiger partial charge in [-0.15, -0.1) is 0 Å². The summed E-state index contributed by atoms with van der Waals surface area (Å²) in [6.45, 7) is 6.87. The number of rotatable bonds is 6. The van der Waals surface area contributed by atoms with E-state index in [0.29, 0.717) is 24.2 Å². The molecule has 2 saturated carbocycles. The molecule has 0 aromatic carbocycles. The normalized spacial score (nSPS) is 36.1. The number of guanidine groups is 1. The number of fused-ring (bicyclic) bond motifs is 5. The zero-order valence-corrected chi connectivity index (χ0v) is 22.5. The monoisotopic (exact) mass is 505 g/mol. The zero-order chi connectivity index (χ0) is 26.4. The quantitative estimate of drug-likeness (QED) is 0.228. The van der Waals surface area contributed by atoms with Crippen LogP contribution in [0.15, 0.2) is 47.2 Å². The Morgan fingerprint density at radius 3 is 2.65 bits per heavy atom. The van der Waals surface area contributed by atoms with Crippen LogP contribution in [0.4, 0.5) is 0 Å². The van der Waals surface area contributed by atoms with Crippen molar-refractivity contribution < 1.29 is 9.53 Å². The molecule has 6 N–H and O–H groups in total. The van der Waals surface area contributed by atoms with Crippen LogP contribution in [-0.4, -0.2) is 35.1 Å². The highest BCUT2D eigenvalue weighted by molar-refractivity contribution is 5.79. The third-order valence-corrected chi connectivity index (χ3v) is 10.3. The lowest BCUT2D eigenvalue weighted by Crippen LogP contribution is -2.50. The number of nitrogens with zero attached hydrogens (tertiary/aromatic N) is 2. The third-order valence-electron chi connectivity index (χ3n) is 10.3. The number of aliphatic imine (C=N–C) groups is 1. The Balaban J connectivity index is 1.28. The van der Waals surface area contributed by atoms with Gasteiger partial charge in [0.25, 0.3) is 0 Å². The number of pyridine rings is 1. The summed E-state index contributed by atoms with van der Waals surface area (Å²) in [4.78, 5) is 21.4. The van der Waals surface area contributed by atoms with Gasteiger partial charge in [-0.2, -0.15) is 0 Å². The fourth-order valence-corrected chi connectivity index (χ4v) is 8.28. The van der Waals surface area contributed by atoms with Crippen molar-refractivity contribution in [2.24, 2.45) is 50.8 Å². The molecule has 2 fully saturated rings. The van der Waals surface area contributed by atoms with Gasteiger partial charge in [-0.3, -0.25) is 9.78 Å². The molecule has 7 nitrogen and oxygen atoms in total. The largest absolute Gasteiger partial charge is 0.461 e. The fourth-order valence-electron chi connectivity index (χ4n) is 8.28. The van der Waals surface area contributed by atoms with Crippen molar-refractivity contribution in [2.75, 3.05) is 0 Å². The van der Waals surface area contributed by atoms with Crippen molar-refractivity contribution in [3.05, 3.63) is 47.8 Å². The number of esters is 1. The van der Waals surface area contributed by atoms with Crippen molar-refractivity contribution in [3.63, 3.8) is 0 Å². The summed E-state index contributed by atoms with van der Waals surface area (Å²) in [6.07, 6.45) is 16.8. The lowest BCUT2D eigenvalue weighted by atomic mass is 9.47. The highest BCUT2D eigenvalue weighted by Crippen LogP contribution is 2.66. The molecule has 4 aliphatic carbocycles. The van der Waals surface area contributed by atoms with Crippen LogP contribution in [0.5, 0.6) is 0 Å². The Morgan fingerprint density at radius 2 is 1.95 bits per heavy atom. The Morgan fingerprint density at radius 1 is 1.16 bits per heavy atom. The second-order valence-corrected chi connectivity index (χ2v) is 12.2. The second kappa shape index (κ2) is 9.90. The van der Waals surface area contributed by atoms with E-state index in [0.717, 1.165) is 32.1 Å². The first-order valence-electron chi connectivity index (χ1n) is 14.0. The van der Waals surface area contributed by atoms with Crippen molar-refractivity contribution in [2.45, 2.75) is 90.3 Å². The minimum Gasteiger partial charge on any atom is -0.461 e. The number of ether oxygens (including phenoxy) is 1. The zero-order valence-electron chi connectivity index (χ0n) is 22.5. The molecule has 0 spiro atoms. The molecule has 0 amide bonds. The number of hydrogen-bond acceptors (Lipinski definition) is 5. The Bertz CT molecular complexity index is 1110. The van der Waals surface area contributed by atoms with Gasteiger partial charge in [0.05, 0.1) is 6.04 Å². The second-order valence-electron chi connectivity index (χ2n) is 12.2. The highest BCUT2D eigenvalue weighted by atomic mass is 16.5. The summed E-state index contributed by atoms with van der Waals surface area (Å²) >= 11 is 0. The van der Waals surface area contributed by atoms with E-state index >= 15 is 0 Å². The van der Waals surface area contributed by atoms with E-state index < -0.39 is 18.1 Å². The van der Waals surface area contributed by atoms with Crippen LogP contribution < -0.4 is 17.2 Å². The average molecular weight is 506 g/mol. The Hall–Kier alpha value is -2.67. The first-order valence-corrected chi connectivity index (χ1v) is 14.0. The molecule has 5 rings (SSSR count). The van der Waals surface area contributed by atoms with Gasteiger partial charge in [-0.25, -0.2) is 4.99 Å². The topological polar surface area (TPSA) is 130 Å². The summed E-state index contributed by atoms with van der Waals surface area (Å²) < 4.78 is 5.93. The van der Waals surface area contributed by atoms with Gasteiger partial charge in [0.2, 0.25) is 0 Å². The van der Waals surface area contributed by atoms with Gasteiger partial charge in [0.15, 0.2) is 5.96 Å². The summed E-state index contributed by atoms with van der Waals surface area (Å²) in [5.41, 5.74) is 21.9.